The third-order valence-corrected chi connectivity index (χ3v) is 4.20. The van der Waals surface area contributed by atoms with Gasteiger partial charge in [-0.3, -0.25) is 4.79 Å². The average Bonchev–Trinajstić information content (AvgIpc) is 2.50. The lowest BCUT2D eigenvalue weighted by atomic mass is 10.1. The van der Waals surface area contributed by atoms with Crippen molar-refractivity contribution < 1.29 is 4.79 Å². The maximum Gasteiger partial charge on any atom is 0.253 e. The van der Waals surface area contributed by atoms with E-state index < -0.39 is 0 Å². The fraction of sp³-hybridized carbons (Fsp3) is 0.235. The molecule has 3 nitrogen and oxygen atoms in total. The van der Waals surface area contributed by atoms with Crippen molar-refractivity contribution in [2.75, 3.05) is 19.0 Å². The van der Waals surface area contributed by atoms with Crippen molar-refractivity contribution in [3.05, 3.63) is 59.2 Å². The number of nitrogens with two attached hydrogens (primary N) is 1. The summed E-state index contributed by atoms with van der Waals surface area (Å²) in [4.78, 5) is 15.3. The van der Waals surface area contributed by atoms with Crippen LogP contribution in [0.1, 0.15) is 21.5 Å². The minimum Gasteiger partial charge on any atom is -0.398 e. The van der Waals surface area contributed by atoms with E-state index in [1.54, 1.807) is 29.8 Å². The number of nitrogen functional groups attached to an aromatic ring is 1. The summed E-state index contributed by atoms with van der Waals surface area (Å²) in [7, 11) is 1.81. The number of thioether (sulfide) groups is 1. The molecule has 21 heavy (non-hydrogen) atoms. The van der Waals surface area contributed by atoms with Gasteiger partial charge < -0.3 is 10.6 Å². The van der Waals surface area contributed by atoms with Gasteiger partial charge in [0.15, 0.2) is 0 Å². The molecule has 4 heteroatoms. The van der Waals surface area contributed by atoms with Gasteiger partial charge >= 0.3 is 0 Å². The van der Waals surface area contributed by atoms with E-state index >= 15 is 0 Å². The van der Waals surface area contributed by atoms with Gasteiger partial charge in [-0.1, -0.05) is 18.2 Å². The zero-order chi connectivity index (χ0) is 15.4. The van der Waals surface area contributed by atoms with Gasteiger partial charge in [0.2, 0.25) is 0 Å². The lowest BCUT2D eigenvalue weighted by molar-refractivity contribution is 0.0785. The Balaban J connectivity index is 2.09. The maximum absolute atomic E-state index is 12.4. The second kappa shape index (κ2) is 6.68. The maximum atomic E-state index is 12.4. The van der Waals surface area contributed by atoms with Crippen LogP contribution in [0.3, 0.4) is 0 Å². The highest BCUT2D eigenvalue weighted by atomic mass is 32.2. The Labute approximate surface area is 130 Å². The van der Waals surface area contributed by atoms with Crippen LogP contribution in [0, 0.1) is 6.92 Å². The molecular weight excluding hydrogens is 280 g/mol. The second-order valence-corrected chi connectivity index (χ2v) is 5.96. The molecule has 2 N–H and O–H groups in total. The molecule has 0 aliphatic carbocycles. The molecule has 0 aliphatic heterocycles. The van der Waals surface area contributed by atoms with Crippen LogP contribution >= 0.6 is 11.8 Å². The zero-order valence-corrected chi connectivity index (χ0v) is 13.4. The number of nitrogens with zero attached hydrogens (tertiary/aromatic N) is 1. The minimum absolute atomic E-state index is 0.0179. The molecule has 0 bridgehead atoms. The van der Waals surface area contributed by atoms with E-state index in [0.29, 0.717) is 17.8 Å². The van der Waals surface area contributed by atoms with Gasteiger partial charge in [-0.2, -0.15) is 0 Å². The first-order valence-electron chi connectivity index (χ1n) is 6.76. The molecule has 1 amide bonds. The minimum atomic E-state index is -0.0179. The first kappa shape index (κ1) is 15.4. The van der Waals surface area contributed by atoms with Gasteiger partial charge in [-0.15, -0.1) is 11.8 Å². The number of carbonyl (C=O) groups excluding carboxylic acids is 1. The number of rotatable bonds is 4. The van der Waals surface area contributed by atoms with Crippen molar-refractivity contribution in [2.45, 2.75) is 18.4 Å². The highest BCUT2D eigenvalue weighted by molar-refractivity contribution is 7.98. The molecule has 2 aromatic carbocycles. The predicted octanol–water partition coefficient (Wildman–Crippen LogP) is 3.57. The third-order valence-electron chi connectivity index (χ3n) is 3.45. The molecule has 0 unspecified atom stereocenters. The van der Waals surface area contributed by atoms with Crippen molar-refractivity contribution >= 4 is 23.4 Å². The van der Waals surface area contributed by atoms with Crippen LogP contribution in [0.15, 0.2) is 47.4 Å². The summed E-state index contributed by atoms with van der Waals surface area (Å²) in [6.07, 6.45) is 2.05. The second-order valence-electron chi connectivity index (χ2n) is 5.08. The van der Waals surface area contributed by atoms with E-state index in [1.165, 1.54) is 4.90 Å². The van der Waals surface area contributed by atoms with Crippen molar-refractivity contribution in [1.29, 1.82) is 0 Å². The SMILES string of the molecule is CSc1ccc(CN(C)C(=O)c2ccc(C)c(N)c2)cc1. The standard InChI is InChI=1S/C17H20N2OS/c1-12-4-7-14(10-16(12)18)17(20)19(2)11-13-5-8-15(21-3)9-6-13/h4-10H,11,18H2,1-3H3. The van der Waals surface area contributed by atoms with Crippen molar-refractivity contribution in [3.63, 3.8) is 0 Å². The monoisotopic (exact) mass is 300 g/mol. The molecule has 0 saturated carbocycles. The molecule has 2 aromatic rings. The van der Waals surface area contributed by atoms with E-state index in [9.17, 15) is 4.79 Å². The number of benzene rings is 2. The molecule has 0 spiro atoms. The van der Waals surface area contributed by atoms with Gasteiger partial charge in [0.25, 0.3) is 5.91 Å². The van der Waals surface area contributed by atoms with Gasteiger partial charge in [-0.25, -0.2) is 0 Å². The molecular formula is C17H20N2OS. The average molecular weight is 300 g/mol. The molecule has 0 aliphatic rings. The molecule has 0 saturated heterocycles. The van der Waals surface area contributed by atoms with Gasteiger partial charge in [0, 0.05) is 29.7 Å². The lowest BCUT2D eigenvalue weighted by Gasteiger charge is -2.18. The van der Waals surface area contributed by atoms with Gasteiger partial charge in [0.1, 0.15) is 0 Å². The third kappa shape index (κ3) is 3.79. The lowest BCUT2D eigenvalue weighted by Crippen LogP contribution is -2.26. The van der Waals surface area contributed by atoms with E-state index in [1.807, 2.05) is 25.3 Å². The summed E-state index contributed by atoms with van der Waals surface area (Å²) < 4.78 is 0. The Morgan fingerprint density at radius 3 is 2.43 bits per heavy atom. The van der Waals surface area contributed by atoms with Crippen molar-refractivity contribution in [3.8, 4) is 0 Å². The number of amides is 1. The molecule has 0 fully saturated rings. The summed E-state index contributed by atoms with van der Waals surface area (Å²) >= 11 is 1.71. The Morgan fingerprint density at radius 2 is 1.86 bits per heavy atom. The molecule has 2 rings (SSSR count). The molecule has 0 atom stereocenters. The first-order valence-corrected chi connectivity index (χ1v) is 7.98. The highest BCUT2D eigenvalue weighted by Crippen LogP contribution is 2.17. The Kier molecular flexibility index (Phi) is 4.91. The number of hydrogen-bond acceptors (Lipinski definition) is 3. The van der Waals surface area contributed by atoms with Crippen molar-refractivity contribution in [1.82, 2.24) is 4.90 Å². The molecule has 0 radical (unpaired) electrons. The number of anilines is 1. The summed E-state index contributed by atoms with van der Waals surface area (Å²) in [5, 5.41) is 0. The van der Waals surface area contributed by atoms with E-state index in [2.05, 4.69) is 24.3 Å². The summed E-state index contributed by atoms with van der Waals surface area (Å²) in [6, 6.07) is 13.7. The van der Waals surface area contributed by atoms with Gasteiger partial charge in [0.05, 0.1) is 0 Å². The highest BCUT2D eigenvalue weighted by Gasteiger charge is 2.12. The van der Waals surface area contributed by atoms with Crippen LogP contribution in [0.4, 0.5) is 5.69 Å². The predicted molar refractivity (Wildman–Crippen MR) is 89.6 cm³/mol. The quantitative estimate of drug-likeness (QED) is 0.693. The molecule has 0 heterocycles. The number of hydrogen-bond donors (Lipinski definition) is 1. The van der Waals surface area contributed by atoms with E-state index in [-0.39, 0.29) is 5.91 Å². The summed E-state index contributed by atoms with van der Waals surface area (Å²) in [5.41, 5.74) is 9.25. The van der Waals surface area contributed by atoms with Crippen LogP contribution in [-0.2, 0) is 6.54 Å². The normalized spacial score (nSPS) is 10.4. The Bertz CT molecular complexity index is 638. The van der Waals surface area contributed by atoms with Gasteiger partial charge in [-0.05, 0) is 48.6 Å². The largest absolute Gasteiger partial charge is 0.398 e. The Hall–Kier alpha value is -1.94. The fourth-order valence-electron chi connectivity index (χ4n) is 2.07. The van der Waals surface area contributed by atoms with Crippen LogP contribution in [0.2, 0.25) is 0 Å². The van der Waals surface area contributed by atoms with Crippen LogP contribution in [-0.4, -0.2) is 24.1 Å². The van der Waals surface area contributed by atoms with E-state index in [4.69, 9.17) is 5.73 Å². The summed E-state index contributed by atoms with van der Waals surface area (Å²) in [5.74, 6) is -0.0179. The zero-order valence-electron chi connectivity index (χ0n) is 12.6. The number of aryl methyl sites for hydroxylation is 1. The van der Waals surface area contributed by atoms with Crippen LogP contribution < -0.4 is 5.73 Å². The van der Waals surface area contributed by atoms with E-state index in [0.717, 1.165) is 11.1 Å². The topological polar surface area (TPSA) is 46.3 Å². The summed E-state index contributed by atoms with van der Waals surface area (Å²) in [6.45, 7) is 2.52. The smallest absolute Gasteiger partial charge is 0.253 e. The Morgan fingerprint density at radius 1 is 1.19 bits per heavy atom. The fourth-order valence-corrected chi connectivity index (χ4v) is 2.48. The number of carbonyl (C=O) groups is 1. The van der Waals surface area contributed by atoms with Crippen molar-refractivity contribution in [2.24, 2.45) is 0 Å². The van der Waals surface area contributed by atoms with Crippen LogP contribution in [0.25, 0.3) is 0 Å². The molecule has 0 aromatic heterocycles. The van der Waals surface area contributed by atoms with Crippen LogP contribution in [0.5, 0.6) is 0 Å². The first-order chi connectivity index (χ1) is 10.0. The molecule has 110 valence electrons.